The van der Waals surface area contributed by atoms with E-state index in [1.807, 2.05) is 0 Å². The summed E-state index contributed by atoms with van der Waals surface area (Å²) in [4.78, 5) is 0. The molecule has 1 saturated heterocycles. The molecular weight excluding hydrogens is 282 g/mol. The fraction of sp³-hybridized carbons (Fsp3) is 0.647. The number of benzene rings is 1. The molecule has 2 unspecified atom stereocenters. The molecular formula is C17H27NO2S. The van der Waals surface area contributed by atoms with Crippen LogP contribution in [-0.2, 0) is 15.3 Å². The summed E-state index contributed by atoms with van der Waals surface area (Å²) in [7, 11) is -2.77. The van der Waals surface area contributed by atoms with E-state index in [2.05, 4.69) is 57.3 Å². The highest BCUT2D eigenvalue weighted by atomic mass is 32.2. The molecule has 1 N–H and O–H groups in total. The van der Waals surface area contributed by atoms with Crippen LogP contribution in [0.25, 0.3) is 0 Å². The summed E-state index contributed by atoms with van der Waals surface area (Å²) in [5.41, 5.74) is 2.76. The van der Waals surface area contributed by atoms with Crippen LogP contribution in [0.2, 0.25) is 0 Å². The molecule has 2 rings (SSSR count). The molecule has 4 heteroatoms. The Morgan fingerprint density at radius 3 is 2.33 bits per heavy atom. The van der Waals surface area contributed by atoms with Crippen LogP contribution in [0.5, 0.6) is 0 Å². The van der Waals surface area contributed by atoms with E-state index in [9.17, 15) is 8.42 Å². The zero-order chi connectivity index (χ0) is 15.7. The largest absolute Gasteiger partial charge is 0.310 e. The normalized spacial score (nSPS) is 23.1. The van der Waals surface area contributed by atoms with Crippen LogP contribution in [-0.4, -0.2) is 26.5 Å². The van der Waals surface area contributed by atoms with Gasteiger partial charge in [-0.3, -0.25) is 0 Å². The quantitative estimate of drug-likeness (QED) is 0.930. The molecule has 0 saturated carbocycles. The highest BCUT2D eigenvalue weighted by Crippen LogP contribution is 2.24. The summed E-state index contributed by atoms with van der Waals surface area (Å²) in [6, 6.07) is 8.97. The van der Waals surface area contributed by atoms with E-state index >= 15 is 0 Å². The minimum Gasteiger partial charge on any atom is -0.310 e. The van der Waals surface area contributed by atoms with E-state index < -0.39 is 9.84 Å². The van der Waals surface area contributed by atoms with E-state index in [4.69, 9.17) is 0 Å². The van der Waals surface area contributed by atoms with Crippen molar-refractivity contribution in [1.82, 2.24) is 5.32 Å². The Labute approximate surface area is 129 Å². The molecule has 3 nitrogen and oxygen atoms in total. The van der Waals surface area contributed by atoms with Gasteiger partial charge in [0.1, 0.15) is 0 Å². The molecule has 21 heavy (non-hydrogen) atoms. The topological polar surface area (TPSA) is 46.2 Å². The van der Waals surface area contributed by atoms with Crippen molar-refractivity contribution < 1.29 is 8.42 Å². The minimum atomic E-state index is -2.77. The average Bonchev–Trinajstić information content (AvgIpc) is 2.75. The van der Waals surface area contributed by atoms with Crippen LogP contribution in [0.3, 0.4) is 0 Å². The van der Waals surface area contributed by atoms with Crippen molar-refractivity contribution >= 4 is 9.84 Å². The first kappa shape index (κ1) is 16.5. The Balaban J connectivity index is 1.90. The van der Waals surface area contributed by atoms with Gasteiger partial charge in [-0.15, -0.1) is 0 Å². The van der Waals surface area contributed by atoms with E-state index in [1.165, 1.54) is 11.1 Å². The molecule has 0 bridgehead atoms. The van der Waals surface area contributed by atoms with E-state index in [1.54, 1.807) is 0 Å². The van der Waals surface area contributed by atoms with Gasteiger partial charge in [0.15, 0.2) is 9.84 Å². The minimum absolute atomic E-state index is 0.174. The first-order chi connectivity index (χ1) is 9.67. The molecule has 1 aliphatic rings. The number of sulfone groups is 1. The van der Waals surface area contributed by atoms with Gasteiger partial charge in [0.05, 0.1) is 11.5 Å². The predicted molar refractivity (Wildman–Crippen MR) is 88.3 cm³/mol. The van der Waals surface area contributed by atoms with Gasteiger partial charge < -0.3 is 5.32 Å². The lowest BCUT2D eigenvalue weighted by Gasteiger charge is -2.21. The number of hydrogen-bond acceptors (Lipinski definition) is 3. The number of hydrogen-bond donors (Lipinski definition) is 1. The fourth-order valence-corrected chi connectivity index (χ4v) is 4.63. The predicted octanol–water partition coefficient (Wildman–Crippen LogP) is 3.07. The van der Waals surface area contributed by atoms with Gasteiger partial charge in [0, 0.05) is 6.04 Å². The third kappa shape index (κ3) is 4.55. The maximum Gasteiger partial charge on any atom is 0.150 e. The molecule has 1 aliphatic heterocycles. The standard InChI is InChI=1S/C17H27NO2S/c1-13(18-11-14-9-10-21(19,20)12-14)15-5-7-16(8-6-15)17(2,3)4/h5-8,13-14,18H,9-12H2,1-4H3. The second-order valence-electron chi connectivity index (χ2n) is 7.27. The molecule has 0 radical (unpaired) electrons. The Kier molecular flexibility index (Phi) is 4.79. The lowest BCUT2D eigenvalue weighted by Crippen LogP contribution is -2.26. The van der Waals surface area contributed by atoms with Gasteiger partial charge >= 0.3 is 0 Å². The van der Waals surface area contributed by atoms with Crippen LogP contribution >= 0.6 is 0 Å². The smallest absolute Gasteiger partial charge is 0.150 e. The van der Waals surface area contributed by atoms with Gasteiger partial charge in [-0.2, -0.15) is 0 Å². The number of nitrogens with one attached hydrogen (secondary N) is 1. The summed E-state index contributed by atoms with van der Waals surface area (Å²) in [6.07, 6.45) is 0.797. The van der Waals surface area contributed by atoms with Crippen LogP contribution in [0, 0.1) is 5.92 Å². The molecule has 118 valence electrons. The summed E-state index contributed by atoms with van der Waals surface area (Å²) in [5, 5.41) is 3.47. The maximum atomic E-state index is 11.5. The van der Waals surface area contributed by atoms with Gasteiger partial charge in [-0.05, 0) is 42.3 Å². The van der Waals surface area contributed by atoms with Gasteiger partial charge in [-0.25, -0.2) is 8.42 Å². The highest BCUT2D eigenvalue weighted by molar-refractivity contribution is 7.91. The van der Waals surface area contributed by atoms with Gasteiger partial charge in [0.25, 0.3) is 0 Å². The van der Waals surface area contributed by atoms with Crippen molar-refractivity contribution in [1.29, 1.82) is 0 Å². The molecule has 1 aromatic carbocycles. The Bertz CT molecular complexity index is 570. The first-order valence-electron chi connectivity index (χ1n) is 7.72. The van der Waals surface area contributed by atoms with Crippen molar-refractivity contribution in [3.63, 3.8) is 0 Å². The zero-order valence-corrected chi connectivity index (χ0v) is 14.3. The monoisotopic (exact) mass is 309 g/mol. The third-order valence-corrected chi connectivity index (χ3v) is 6.15. The molecule has 0 aromatic heterocycles. The molecule has 0 aliphatic carbocycles. The van der Waals surface area contributed by atoms with Crippen molar-refractivity contribution in [3.8, 4) is 0 Å². The van der Waals surface area contributed by atoms with Crippen molar-refractivity contribution in [2.75, 3.05) is 18.1 Å². The Hall–Kier alpha value is -0.870. The van der Waals surface area contributed by atoms with Crippen molar-refractivity contribution in [2.24, 2.45) is 5.92 Å². The lowest BCUT2D eigenvalue weighted by molar-refractivity contribution is 0.476. The van der Waals surface area contributed by atoms with Gasteiger partial charge in [0.2, 0.25) is 0 Å². The average molecular weight is 309 g/mol. The van der Waals surface area contributed by atoms with Crippen LogP contribution in [0.4, 0.5) is 0 Å². The van der Waals surface area contributed by atoms with Gasteiger partial charge in [-0.1, -0.05) is 45.0 Å². The molecule has 2 atom stereocenters. The second kappa shape index (κ2) is 6.09. The highest BCUT2D eigenvalue weighted by Gasteiger charge is 2.27. The summed E-state index contributed by atoms with van der Waals surface area (Å²) >= 11 is 0. The molecule has 0 amide bonds. The fourth-order valence-electron chi connectivity index (χ4n) is 2.77. The van der Waals surface area contributed by atoms with Crippen molar-refractivity contribution in [3.05, 3.63) is 35.4 Å². The van der Waals surface area contributed by atoms with E-state index in [0.29, 0.717) is 11.5 Å². The van der Waals surface area contributed by atoms with Crippen LogP contribution in [0.1, 0.15) is 51.3 Å². The first-order valence-corrected chi connectivity index (χ1v) is 9.54. The SMILES string of the molecule is CC(NCC1CCS(=O)(=O)C1)c1ccc(C(C)(C)C)cc1. The molecule has 0 spiro atoms. The van der Waals surface area contributed by atoms with Crippen molar-refractivity contribution in [2.45, 2.75) is 45.6 Å². The summed E-state index contributed by atoms with van der Waals surface area (Å²) in [6.45, 7) is 9.55. The zero-order valence-electron chi connectivity index (χ0n) is 13.5. The second-order valence-corrected chi connectivity index (χ2v) is 9.50. The Morgan fingerprint density at radius 1 is 1.24 bits per heavy atom. The molecule has 1 heterocycles. The summed E-state index contributed by atoms with van der Waals surface area (Å²) in [5.74, 6) is 0.968. The van der Waals surface area contributed by atoms with Crippen LogP contribution < -0.4 is 5.32 Å². The van der Waals surface area contributed by atoms with E-state index in [-0.39, 0.29) is 17.4 Å². The molecule has 1 fully saturated rings. The maximum absolute atomic E-state index is 11.5. The summed E-state index contributed by atoms with van der Waals surface area (Å²) < 4.78 is 22.9. The molecule has 1 aromatic rings. The Morgan fingerprint density at radius 2 is 1.86 bits per heavy atom. The number of rotatable bonds is 4. The van der Waals surface area contributed by atoms with E-state index in [0.717, 1.165) is 13.0 Å². The third-order valence-electron chi connectivity index (χ3n) is 4.32. The van der Waals surface area contributed by atoms with Crippen LogP contribution in [0.15, 0.2) is 24.3 Å². The lowest BCUT2D eigenvalue weighted by atomic mass is 9.86.